The Balaban J connectivity index is 1.57. The molecule has 2 aliphatic rings. The van der Waals surface area contributed by atoms with E-state index in [0.29, 0.717) is 0 Å². The van der Waals surface area contributed by atoms with Crippen molar-refractivity contribution in [1.82, 2.24) is 10.2 Å². The Bertz CT molecular complexity index is 366. The van der Waals surface area contributed by atoms with E-state index in [1.165, 1.54) is 32.2 Å². The third-order valence-electron chi connectivity index (χ3n) is 3.68. The van der Waals surface area contributed by atoms with Gasteiger partial charge in [0.1, 0.15) is 11.5 Å². The van der Waals surface area contributed by atoms with Crippen LogP contribution in [0.3, 0.4) is 0 Å². The van der Waals surface area contributed by atoms with Gasteiger partial charge in [0.25, 0.3) is 0 Å². The van der Waals surface area contributed by atoms with Crippen molar-refractivity contribution in [2.24, 2.45) is 5.92 Å². The molecule has 0 amide bonds. The first-order chi connectivity index (χ1) is 8.35. The predicted molar refractivity (Wildman–Crippen MR) is 67.6 cm³/mol. The van der Waals surface area contributed by atoms with E-state index in [9.17, 15) is 0 Å². The number of nitrogens with one attached hydrogen (secondary N) is 1. The molecule has 1 aromatic rings. The quantitative estimate of drug-likeness (QED) is 0.785. The zero-order chi connectivity index (χ0) is 11.7. The van der Waals surface area contributed by atoms with Crippen molar-refractivity contribution in [2.45, 2.75) is 44.8 Å². The summed E-state index contributed by atoms with van der Waals surface area (Å²) in [6, 6.07) is 5.07. The summed E-state index contributed by atoms with van der Waals surface area (Å²) in [5.41, 5.74) is 0. The summed E-state index contributed by atoms with van der Waals surface area (Å²) in [4.78, 5) is 2.62. The first-order valence-corrected chi connectivity index (χ1v) is 6.81. The van der Waals surface area contributed by atoms with Gasteiger partial charge in [0.2, 0.25) is 0 Å². The molecule has 3 rings (SSSR count). The van der Waals surface area contributed by atoms with Crippen molar-refractivity contribution in [3.63, 3.8) is 0 Å². The highest BCUT2D eigenvalue weighted by atomic mass is 16.3. The summed E-state index contributed by atoms with van der Waals surface area (Å²) in [5.74, 6) is 3.15. The van der Waals surface area contributed by atoms with E-state index >= 15 is 0 Å². The standard InChI is InChI=1S/C14H22N2O/c1-15-8-13-6-7-14(17-13)10-16(12-4-5-12)9-11-2-3-11/h6-7,11-12,15H,2-5,8-10H2,1H3. The van der Waals surface area contributed by atoms with Gasteiger partial charge in [0.05, 0.1) is 13.1 Å². The number of hydrogen-bond donors (Lipinski definition) is 1. The van der Waals surface area contributed by atoms with Gasteiger partial charge in [-0.05, 0) is 50.8 Å². The van der Waals surface area contributed by atoms with E-state index in [1.807, 2.05) is 7.05 Å². The Kier molecular flexibility index (Phi) is 3.21. The van der Waals surface area contributed by atoms with Gasteiger partial charge in [-0.2, -0.15) is 0 Å². The van der Waals surface area contributed by atoms with Crippen molar-refractivity contribution in [1.29, 1.82) is 0 Å². The average molecular weight is 234 g/mol. The molecule has 0 radical (unpaired) electrons. The molecule has 0 bridgehead atoms. The smallest absolute Gasteiger partial charge is 0.118 e. The average Bonchev–Trinajstić information content (AvgIpc) is 3.20. The van der Waals surface area contributed by atoms with E-state index in [2.05, 4.69) is 22.3 Å². The minimum absolute atomic E-state index is 0.825. The molecule has 2 saturated carbocycles. The van der Waals surface area contributed by atoms with Crippen molar-refractivity contribution in [3.8, 4) is 0 Å². The van der Waals surface area contributed by atoms with Gasteiger partial charge in [0, 0.05) is 12.6 Å². The summed E-state index contributed by atoms with van der Waals surface area (Å²) < 4.78 is 5.83. The monoisotopic (exact) mass is 234 g/mol. The largest absolute Gasteiger partial charge is 0.463 e. The Labute approximate surface area is 103 Å². The Hall–Kier alpha value is -0.800. The summed E-state index contributed by atoms with van der Waals surface area (Å²) in [6.07, 6.45) is 5.65. The maximum absolute atomic E-state index is 5.83. The van der Waals surface area contributed by atoms with Crippen LogP contribution in [0, 0.1) is 5.92 Å². The fraction of sp³-hybridized carbons (Fsp3) is 0.714. The van der Waals surface area contributed by atoms with Crippen molar-refractivity contribution < 1.29 is 4.42 Å². The molecule has 3 nitrogen and oxygen atoms in total. The molecule has 0 unspecified atom stereocenters. The van der Waals surface area contributed by atoms with E-state index in [0.717, 1.165) is 36.6 Å². The summed E-state index contributed by atoms with van der Waals surface area (Å²) >= 11 is 0. The molecule has 94 valence electrons. The topological polar surface area (TPSA) is 28.4 Å². The molecular weight excluding hydrogens is 212 g/mol. The van der Waals surface area contributed by atoms with Crippen LogP contribution in [0.25, 0.3) is 0 Å². The lowest BCUT2D eigenvalue weighted by Gasteiger charge is -2.20. The van der Waals surface area contributed by atoms with Crippen LogP contribution in [0.2, 0.25) is 0 Å². The lowest BCUT2D eigenvalue weighted by Crippen LogP contribution is -2.27. The van der Waals surface area contributed by atoms with Crippen molar-refractivity contribution in [3.05, 3.63) is 23.7 Å². The minimum Gasteiger partial charge on any atom is -0.463 e. The van der Waals surface area contributed by atoms with Gasteiger partial charge in [-0.15, -0.1) is 0 Å². The highest BCUT2D eigenvalue weighted by Crippen LogP contribution is 2.35. The molecule has 17 heavy (non-hydrogen) atoms. The Morgan fingerprint density at radius 1 is 1.24 bits per heavy atom. The molecule has 0 saturated heterocycles. The van der Waals surface area contributed by atoms with E-state index in [-0.39, 0.29) is 0 Å². The van der Waals surface area contributed by atoms with Gasteiger partial charge in [-0.3, -0.25) is 4.90 Å². The number of nitrogens with zero attached hydrogens (tertiary/aromatic N) is 1. The Morgan fingerprint density at radius 3 is 2.65 bits per heavy atom. The predicted octanol–water partition coefficient (Wildman–Crippen LogP) is 2.37. The maximum atomic E-state index is 5.83. The van der Waals surface area contributed by atoms with Crippen LogP contribution in [0.5, 0.6) is 0 Å². The van der Waals surface area contributed by atoms with Crippen LogP contribution in [-0.4, -0.2) is 24.5 Å². The third-order valence-corrected chi connectivity index (χ3v) is 3.68. The lowest BCUT2D eigenvalue weighted by atomic mass is 10.3. The van der Waals surface area contributed by atoms with Gasteiger partial charge < -0.3 is 9.73 Å². The Morgan fingerprint density at radius 2 is 2.00 bits per heavy atom. The molecule has 2 aliphatic carbocycles. The second-order valence-electron chi connectivity index (χ2n) is 5.50. The highest BCUT2D eigenvalue weighted by molar-refractivity contribution is 5.07. The zero-order valence-corrected chi connectivity index (χ0v) is 10.6. The van der Waals surface area contributed by atoms with Crippen molar-refractivity contribution in [2.75, 3.05) is 13.6 Å². The molecule has 0 aromatic carbocycles. The fourth-order valence-corrected chi connectivity index (χ4v) is 2.39. The molecule has 1 aromatic heterocycles. The van der Waals surface area contributed by atoms with Crippen molar-refractivity contribution >= 4 is 0 Å². The van der Waals surface area contributed by atoms with Crippen LogP contribution in [0.1, 0.15) is 37.2 Å². The first kappa shape index (κ1) is 11.3. The van der Waals surface area contributed by atoms with E-state index < -0.39 is 0 Å². The van der Waals surface area contributed by atoms with Crippen LogP contribution in [0.4, 0.5) is 0 Å². The fourth-order valence-electron chi connectivity index (χ4n) is 2.39. The molecule has 0 atom stereocenters. The van der Waals surface area contributed by atoms with Gasteiger partial charge in [-0.25, -0.2) is 0 Å². The van der Waals surface area contributed by atoms with E-state index in [4.69, 9.17) is 4.42 Å². The van der Waals surface area contributed by atoms with Gasteiger partial charge >= 0.3 is 0 Å². The molecule has 1 N–H and O–H groups in total. The molecule has 0 aliphatic heterocycles. The maximum Gasteiger partial charge on any atom is 0.118 e. The van der Waals surface area contributed by atoms with Crippen LogP contribution < -0.4 is 5.32 Å². The molecule has 2 fully saturated rings. The van der Waals surface area contributed by atoms with Crippen LogP contribution in [-0.2, 0) is 13.1 Å². The number of hydrogen-bond acceptors (Lipinski definition) is 3. The minimum atomic E-state index is 0.825. The third kappa shape index (κ3) is 3.11. The van der Waals surface area contributed by atoms with Gasteiger partial charge in [-0.1, -0.05) is 0 Å². The summed E-state index contributed by atoms with van der Waals surface area (Å²) in [6.45, 7) is 3.11. The number of rotatable bonds is 7. The second-order valence-corrected chi connectivity index (χ2v) is 5.50. The molecule has 1 heterocycles. The SMILES string of the molecule is CNCc1ccc(CN(CC2CC2)C2CC2)o1. The molecule has 3 heteroatoms. The highest BCUT2D eigenvalue weighted by Gasteiger charge is 2.33. The normalized spacial score (nSPS) is 20.1. The molecule has 0 spiro atoms. The molecular formula is C14H22N2O. The zero-order valence-electron chi connectivity index (χ0n) is 10.6. The van der Waals surface area contributed by atoms with Gasteiger partial charge in [0.15, 0.2) is 0 Å². The van der Waals surface area contributed by atoms with Crippen LogP contribution >= 0.6 is 0 Å². The van der Waals surface area contributed by atoms with E-state index in [1.54, 1.807) is 0 Å². The lowest BCUT2D eigenvalue weighted by molar-refractivity contribution is 0.222. The first-order valence-electron chi connectivity index (χ1n) is 6.81. The second kappa shape index (κ2) is 4.83. The summed E-state index contributed by atoms with van der Waals surface area (Å²) in [5, 5.41) is 3.12. The van der Waals surface area contributed by atoms with Crippen LogP contribution in [0.15, 0.2) is 16.5 Å². The summed E-state index contributed by atoms with van der Waals surface area (Å²) in [7, 11) is 1.95. The number of furan rings is 1.